The number of carbonyl (C=O) groups excluding carboxylic acids is 1. The molecule has 0 bridgehead atoms. The Morgan fingerprint density at radius 3 is 3.00 bits per heavy atom. The van der Waals surface area contributed by atoms with Crippen LogP contribution in [0.3, 0.4) is 0 Å². The van der Waals surface area contributed by atoms with E-state index in [0.717, 1.165) is 11.6 Å². The van der Waals surface area contributed by atoms with E-state index in [1.54, 1.807) is 4.90 Å². The number of aryl methyl sites for hydroxylation is 1. The van der Waals surface area contributed by atoms with Crippen LogP contribution in [-0.2, 0) is 13.1 Å². The minimum absolute atomic E-state index is 0.185. The molecule has 0 saturated heterocycles. The molecule has 20 heavy (non-hydrogen) atoms. The van der Waals surface area contributed by atoms with Gasteiger partial charge in [0.05, 0.1) is 12.1 Å². The molecule has 0 saturated carbocycles. The molecule has 0 aromatic carbocycles. The quantitative estimate of drug-likeness (QED) is 0.829. The number of aromatic amines is 1. The van der Waals surface area contributed by atoms with Crippen LogP contribution in [0.15, 0.2) is 21.5 Å². The van der Waals surface area contributed by atoms with E-state index in [1.807, 2.05) is 11.5 Å². The summed E-state index contributed by atoms with van der Waals surface area (Å²) in [4.78, 5) is 28.0. The van der Waals surface area contributed by atoms with Crippen LogP contribution in [0.5, 0.6) is 0 Å². The number of amides is 1. The second-order valence-electron chi connectivity index (χ2n) is 4.60. The number of nitrogens with one attached hydrogen (secondary N) is 1. The molecule has 0 unspecified atom stereocenters. The third-order valence-corrected chi connectivity index (χ3v) is 3.99. The Labute approximate surface area is 122 Å². The van der Waals surface area contributed by atoms with Gasteiger partial charge in [0.15, 0.2) is 5.82 Å². The summed E-state index contributed by atoms with van der Waals surface area (Å²) in [5.41, 5.74) is 0.0611. The Morgan fingerprint density at radius 2 is 2.20 bits per heavy atom. The average molecular weight is 338 g/mol. The lowest BCUT2D eigenvalue weighted by atomic mass is 10.2. The summed E-state index contributed by atoms with van der Waals surface area (Å²) < 4.78 is 2.57. The molecule has 0 atom stereocenters. The molecule has 1 N–H and O–H groups in total. The van der Waals surface area contributed by atoms with Gasteiger partial charge in [-0.1, -0.05) is 0 Å². The Hall–Kier alpha value is -1.96. The van der Waals surface area contributed by atoms with Crippen molar-refractivity contribution in [2.45, 2.75) is 20.0 Å². The lowest BCUT2D eigenvalue weighted by molar-refractivity contribution is 0.0705. The molecular formula is C12H12BrN5O2. The van der Waals surface area contributed by atoms with E-state index in [4.69, 9.17) is 0 Å². The van der Waals surface area contributed by atoms with Crippen LogP contribution in [0.4, 0.5) is 0 Å². The Kier molecular flexibility index (Phi) is 3.17. The van der Waals surface area contributed by atoms with E-state index in [0.29, 0.717) is 29.7 Å². The first kappa shape index (κ1) is 13.0. The van der Waals surface area contributed by atoms with Crippen LogP contribution in [0, 0.1) is 6.92 Å². The SMILES string of the molecule is Cc1nnc2n1CCN(C(=O)c1cc(=O)[nH]cc1Br)C2. The van der Waals surface area contributed by atoms with Crippen molar-refractivity contribution in [3.8, 4) is 0 Å². The zero-order valence-corrected chi connectivity index (χ0v) is 12.3. The Balaban J connectivity index is 1.89. The number of aromatic nitrogens is 4. The van der Waals surface area contributed by atoms with E-state index < -0.39 is 0 Å². The fourth-order valence-corrected chi connectivity index (χ4v) is 2.66. The first-order valence-electron chi connectivity index (χ1n) is 6.12. The van der Waals surface area contributed by atoms with Gasteiger partial charge in [0.25, 0.3) is 5.91 Å². The van der Waals surface area contributed by atoms with Gasteiger partial charge in [-0.3, -0.25) is 9.59 Å². The monoisotopic (exact) mass is 337 g/mol. The van der Waals surface area contributed by atoms with Gasteiger partial charge in [-0.25, -0.2) is 0 Å². The molecule has 0 fully saturated rings. The standard InChI is InChI=1S/C12H12BrN5O2/c1-7-15-16-10-6-17(2-3-18(7)10)12(20)8-4-11(19)14-5-9(8)13/h4-5H,2-3,6H2,1H3,(H,14,19). The molecule has 8 heteroatoms. The lowest BCUT2D eigenvalue weighted by Crippen LogP contribution is -2.39. The highest BCUT2D eigenvalue weighted by atomic mass is 79.9. The van der Waals surface area contributed by atoms with E-state index in [1.165, 1.54) is 12.3 Å². The molecule has 2 aromatic rings. The number of carbonyl (C=O) groups is 1. The van der Waals surface area contributed by atoms with Crippen molar-refractivity contribution in [3.63, 3.8) is 0 Å². The number of pyridine rings is 1. The molecule has 2 aromatic heterocycles. The van der Waals surface area contributed by atoms with Gasteiger partial charge in [0, 0.05) is 29.8 Å². The van der Waals surface area contributed by atoms with Crippen LogP contribution in [0.25, 0.3) is 0 Å². The number of fused-ring (bicyclic) bond motifs is 1. The van der Waals surface area contributed by atoms with E-state index in [-0.39, 0.29) is 11.5 Å². The van der Waals surface area contributed by atoms with E-state index in [2.05, 4.69) is 31.1 Å². The van der Waals surface area contributed by atoms with Crippen LogP contribution in [0.1, 0.15) is 22.0 Å². The molecular weight excluding hydrogens is 326 g/mol. The maximum absolute atomic E-state index is 12.5. The van der Waals surface area contributed by atoms with Crippen LogP contribution >= 0.6 is 15.9 Å². The Morgan fingerprint density at radius 1 is 1.40 bits per heavy atom. The van der Waals surface area contributed by atoms with Crippen molar-refractivity contribution in [1.82, 2.24) is 24.6 Å². The third kappa shape index (κ3) is 2.15. The molecule has 1 aliphatic heterocycles. The molecule has 0 radical (unpaired) electrons. The Bertz CT molecular complexity index is 736. The van der Waals surface area contributed by atoms with Gasteiger partial charge in [0.2, 0.25) is 5.56 Å². The molecule has 104 valence electrons. The summed E-state index contributed by atoms with van der Waals surface area (Å²) in [6, 6.07) is 1.30. The predicted octanol–water partition coefficient (Wildman–Crippen LogP) is 0.693. The molecule has 0 spiro atoms. The number of hydrogen-bond donors (Lipinski definition) is 1. The van der Waals surface area contributed by atoms with Crippen LogP contribution in [0.2, 0.25) is 0 Å². The van der Waals surface area contributed by atoms with Crippen molar-refractivity contribution < 1.29 is 4.79 Å². The summed E-state index contributed by atoms with van der Waals surface area (Å²) in [7, 11) is 0. The van der Waals surface area contributed by atoms with Gasteiger partial charge in [-0.2, -0.15) is 0 Å². The topological polar surface area (TPSA) is 83.9 Å². The van der Waals surface area contributed by atoms with E-state index in [9.17, 15) is 9.59 Å². The average Bonchev–Trinajstić information content (AvgIpc) is 2.82. The number of hydrogen-bond acceptors (Lipinski definition) is 4. The van der Waals surface area contributed by atoms with Crippen molar-refractivity contribution >= 4 is 21.8 Å². The summed E-state index contributed by atoms with van der Waals surface area (Å²) in [5.74, 6) is 1.43. The van der Waals surface area contributed by atoms with Crippen molar-refractivity contribution in [3.05, 3.63) is 44.3 Å². The summed E-state index contributed by atoms with van der Waals surface area (Å²) in [6.07, 6.45) is 1.48. The van der Waals surface area contributed by atoms with Crippen LogP contribution in [-0.4, -0.2) is 37.1 Å². The maximum Gasteiger partial charge on any atom is 0.255 e. The van der Waals surface area contributed by atoms with Gasteiger partial charge in [-0.05, 0) is 22.9 Å². The summed E-state index contributed by atoms with van der Waals surface area (Å²) in [6.45, 7) is 3.53. The fourth-order valence-electron chi connectivity index (χ4n) is 2.26. The smallest absolute Gasteiger partial charge is 0.255 e. The van der Waals surface area contributed by atoms with Gasteiger partial charge in [0.1, 0.15) is 5.82 Å². The highest BCUT2D eigenvalue weighted by Gasteiger charge is 2.25. The number of nitrogens with zero attached hydrogens (tertiary/aromatic N) is 4. The highest BCUT2D eigenvalue weighted by molar-refractivity contribution is 9.10. The highest BCUT2D eigenvalue weighted by Crippen LogP contribution is 2.19. The minimum Gasteiger partial charge on any atom is -0.329 e. The minimum atomic E-state index is -0.299. The number of H-pyrrole nitrogens is 1. The molecule has 3 rings (SSSR count). The number of rotatable bonds is 1. The molecule has 1 aliphatic rings. The molecule has 0 aliphatic carbocycles. The van der Waals surface area contributed by atoms with E-state index >= 15 is 0 Å². The van der Waals surface area contributed by atoms with Crippen molar-refractivity contribution in [1.29, 1.82) is 0 Å². The lowest BCUT2D eigenvalue weighted by Gasteiger charge is -2.27. The predicted molar refractivity (Wildman–Crippen MR) is 74.3 cm³/mol. The van der Waals surface area contributed by atoms with Gasteiger partial charge < -0.3 is 14.5 Å². The summed E-state index contributed by atoms with van der Waals surface area (Å²) >= 11 is 3.28. The maximum atomic E-state index is 12.5. The molecule has 7 nitrogen and oxygen atoms in total. The largest absolute Gasteiger partial charge is 0.329 e. The first-order valence-corrected chi connectivity index (χ1v) is 6.92. The van der Waals surface area contributed by atoms with Crippen molar-refractivity contribution in [2.75, 3.05) is 6.54 Å². The fraction of sp³-hybridized carbons (Fsp3) is 0.333. The normalized spacial score (nSPS) is 14.2. The summed E-state index contributed by atoms with van der Waals surface area (Å²) in [5, 5.41) is 8.07. The number of halogens is 1. The third-order valence-electron chi connectivity index (χ3n) is 3.33. The van der Waals surface area contributed by atoms with Crippen molar-refractivity contribution in [2.24, 2.45) is 0 Å². The van der Waals surface area contributed by atoms with Gasteiger partial charge >= 0.3 is 0 Å². The second-order valence-corrected chi connectivity index (χ2v) is 5.46. The first-order chi connectivity index (χ1) is 9.56. The zero-order chi connectivity index (χ0) is 14.3. The van der Waals surface area contributed by atoms with Gasteiger partial charge in [-0.15, -0.1) is 10.2 Å². The zero-order valence-electron chi connectivity index (χ0n) is 10.8. The van der Waals surface area contributed by atoms with Crippen LogP contribution < -0.4 is 5.56 Å². The molecule has 3 heterocycles. The second kappa shape index (κ2) is 4.86. The molecule has 1 amide bonds.